The van der Waals surface area contributed by atoms with E-state index in [1.54, 1.807) is 16.9 Å². The molecule has 0 aliphatic heterocycles. The highest BCUT2D eigenvalue weighted by molar-refractivity contribution is 9.09. The molecule has 5 heteroatoms. The lowest BCUT2D eigenvalue weighted by Gasteiger charge is -2.39. The number of carbonyl (C=O) groups excluding carboxylic acids is 1. The van der Waals surface area contributed by atoms with Crippen molar-refractivity contribution in [1.29, 1.82) is 0 Å². The molecule has 1 aromatic heterocycles. The molecule has 0 spiro atoms. The Morgan fingerprint density at radius 3 is 3.06 bits per heavy atom. The van der Waals surface area contributed by atoms with E-state index in [0.717, 1.165) is 18.2 Å². The predicted molar refractivity (Wildman–Crippen MR) is 74.8 cm³/mol. The fourth-order valence-electron chi connectivity index (χ4n) is 2.77. The molecular formula is C13H20BrN3O. The third-order valence-corrected chi connectivity index (χ3v) is 4.75. The van der Waals surface area contributed by atoms with E-state index in [0.29, 0.717) is 11.6 Å². The fourth-order valence-corrected chi connectivity index (χ4v) is 3.42. The number of aromatic nitrogens is 2. The van der Waals surface area contributed by atoms with Gasteiger partial charge in [0.2, 0.25) is 0 Å². The van der Waals surface area contributed by atoms with Gasteiger partial charge in [-0.1, -0.05) is 35.7 Å². The van der Waals surface area contributed by atoms with Crippen LogP contribution >= 0.6 is 15.9 Å². The van der Waals surface area contributed by atoms with Gasteiger partial charge >= 0.3 is 0 Å². The minimum Gasteiger partial charge on any atom is -0.344 e. The molecule has 0 saturated heterocycles. The minimum absolute atomic E-state index is 0.0656. The molecule has 1 N–H and O–H groups in total. The Labute approximate surface area is 116 Å². The molecule has 0 aromatic carbocycles. The Balaban J connectivity index is 2.08. The van der Waals surface area contributed by atoms with Crippen molar-refractivity contribution in [2.75, 3.05) is 5.33 Å². The lowest BCUT2D eigenvalue weighted by molar-refractivity contribution is 0.0863. The van der Waals surface area contributed by atoms with Gasteiger partial charge in [0.15, 0.2) is 0 Å². The third kappa shape index (κ3) is 2.94. The summed E-state index contributed by atoms with van der Waals surface area (Å²) in [6.07, 6.45) is 6.31. The number of hydrogen-bond donors (Lipinski definition) is 1. The summed E-state index contributed by atoms with van der Waals surface area (Å²) in [7, 11) is 1.82. The maximum Gasteiger partial charge on any atom is 0.272 e. The SMILES string of the molecule is CC1CCCC(CBr)(NC(=O)c2ccn(C)n2)C1. The average molecular weight is 314 g/mol. The van der Waals surface area contributed by atoms with E-state index >= 15 is 0 Å². The van der Waals surface area contributed by atoms with E-state index in [4.69, 9.17) is 0 Å². The number of rotatable bonds is 3. The molecule has 1 aromatic rings. The number of aryl methyl sites for hydroxylation is 1. The van der Waals surface area contributed by atoms with Crippen molar-refractivity contribution in [3.63, 3.8) is 0 Å². The first kappa shape index (κ1) is 13.6. The van der Waals surface area contributed by atoms with Crippen LogP contribution in [0.5, 0.6) is 0 Å². The Kier molecular flexibility index (Phi) is 4.10. The summed E-state index contributed by atoms with van der Waals surface area (Å²) in [5.74, 6) is 0.601. The largest absolute Gasteiger partial charge is 0.344 e. The van der Waals surface area contributed by atoms with Gasteiger partial charge in [-0.2, -0.15) is 5.10 Å². The Morgan fingerprint density at radius 1 is 1.72 bits per heavy atom. The van der Waals surface area contributed by atoms with Crippen molar-refractivity contribution in [1.82, 2.24) is 15.1 Å². The zero-order valence-corrected chi connectivity index (χ0v) is 12.5. The van der Waals surface area contributed by atoms with Crippen molar-refractivity contribution >= 4 is 21.8 Å². The molecule has 4 nitrogen and oxygen atoms in total. The van der Waals surface area contributed by atoms with E-state index in [1.165, 1.54) is 12.8 Å². The summed E-state index contributed by atoms with van der Waals surface area (Å²) in [6.45, 7) is 2.25. The fraction of sp³-hybridized carbons (Fsp3) is 0.692. The minimum atomic E-state index is -0.105. The van der Waals surface area contributed by atoms with Gasteiger partial charge in [-0.25, -0.2) is 0 Å². The summed E-state index contributed by atoms with van der Waals surface area (Å²) >= 11 is 3.56. The lowest BCUT2D eigenvalue weighted by Crippen LogP contribution is -2.52. The smallest absolute Gasteiger partial charge is 0.272 e. The number of nitrogens with one attached hydrogen (secondary N) is 1. The highest BCUT2D eigenvalue weighted by Crippen LogP contribution is 2.33. The summed E-state index contributed by atoms with van der Waals surface area (Å²) in [5, 5.41) is 8.14. The summed E-state index contributed by atoms with van der Waals surface area (Å²) in [6, 6.07) is 1.75. The van der Waals surface area contributed by atoms with E-state index in [-0.39, 0.29) is 11.4 Å². The molecule has 100 valence electrons. The summed E-state index contributed by atoms with van der Waals surface area (Å²) < 4.78 is 1.65. The van der Waals surface area contributed by atoms with E-state index < -0.39 is 0 Å². The second-order valence-corrected chi connectivity index (χ2v) is 6.00. The number of carbonyl (C=O) groups is 1. The predicted octanol–water partition coefficient (Wildman–Crippen LogP) is 2.49. The quantitative estimate of drug-likeness (QED) is 0.871. The molecule has 1 heterocycles. The number of halogens is 1. The summed E-state index contributed by atoms with van der Waals surface area (Å²) in [4.78, 5) is 12.2. The van der Waals surface area contributed by atoms with Gasteiger partial charge < -0.3 is 5.32 Å². The molecule has 2 atom stereocenters. The van der Waals surface area contributed by atoms with Crippen LogP contribution in [0.25, 0.3) is 0 Å². The van der Waals surface area contributed by atoms with Crippen LogP contribution in [0.2, 0.25) is 0 Å². The number of amides is 1. The van der Waals surface area contributed by atoms with Gasteiger partial charge in [-0.15, -0.1) is 0 Å². The number of hydrogen-bond acceptors (Lipinski definition) is 2. The molecule has 1 saturated carbocycles. The van der Waals surface area contributed by atoms with E-state index in [2.05, 4.69) is 33.3 Å². The topological polar surface area (TPSA) is 46.9 Å². The van der Waals surface area contributed by atoms with Crippen molar-refractivity contribution in [3.05, 3.63) is 18.0 Å². The van der Waals surface area contributed by atoms with Crippen molar-refractivity contribution in [3.8, 4) is 0 Å². The molecule has 0 radical (unpaired) electrons. The van der Waals surface area contributed by atoms with Crippen molar-refractivity contribution < 1.29 is 4.79 Å². The zero-order valence-electron chi connectivity index (χ0n) is 10.9. The molecule has 1 aliphatic rings. The first-order valence-corrected chi connectivity index (χ1v) is 7.55. The molecule has 0 bridgehead atoms. The van der Waals surface area contributed by atoms with Crippen molar-refractivity contribution in [2.45, 2.75) is 38.1 Å². The maximum absolute atomic E-state index is 12.2. The third-order valence-electron chi connectivity index (χ3n) is 3.67. The monoisotopic (exact) mass is 313 g/mol. The van der Waals surface area contributed by atoms with Crippen LogP contribution in [0.15, 0.2) is 12.3 Å². The molecule has 1 fully saturated rings. The molecule has 18 heavy (non-hydrogen) atoms. The van der Waals surface area contributed by atoms with Crippen LogP contribution in [-0.2, 0) is 7.05 Å². The lowest BCUT2D eigenvalue weighted by atomic mass is 9.77. The standard InChI is InChI=1S/C13H20BrN3O/c1-10-4-3-6-13(8-10,9-14)15-12(18)11-5-7-17(2)16-11/h5,7,10H,3-4,6,8-9H2,1-2H3,(H,15,18). The summed E-state index contributed by atoms with van der Waals surface area (Å²) in [5.41, 5.74) is 0.391. The molecule has 1 aliphatic carbocycles. The number of alkyl halides is 1. The average Bonchev–Trinajstić information content (AvgIpc) is 2.76. The van der Waals surface area contributed by atoms with Crippen LogP contribution in [0.4, 0.5) is 0 Å². The number of nitrogens with zero attached hydrogens (tertiary/aromatic N) is 2. The zero-order chi connectivity index (χ0) is 13.2. The van der Waals surface area contributed by atoms with E-state index in [1.807, 2.05) is 7.05 Å². The van der Waals surface area contributed by atoms with Crippen molar-refractivity contribution in [2.24, 2.45) is 13.0 Å². The van der Waals surface area contributed by atoms with Gasteiger partial charge in [0.25, 0.3) is 5.91 Å². The molecule has 2 rings (SSSR count). The van der Waals surface area contributed by atoms with Gasteiger partial charge in [0, 0.05) is 18.6 Å². The van der Waals surface area contributed by atoms with Crippen LogP contribution < -0.4 is 5.32 Å². The molecule has 2 unspecified atom stereocenters. The highest BCUT2D eigenvalue weighted by atomic mass is 79.9. The first-order valence-electron chi connectivity index (χ1n) is 6.43. The molecular weight excluding hydrogens is 294 g/mol. The second kappa shape index (κ2) is 5.43. The van der Waals surface area contributed by atoms with Gasteiger partial charge in [-0.3, -0.25) is 9.48 Å². The molecule has 1 amide bonds. The second-order valence-electron chi connectivity index (χ2n) is 5.44. The highest BCUT2D eigenvalue weighted by Gasteiger charge is 2.35. The Hall–Kier alpha value is -0.840. The Bertz CT molecular complexity index is 432. The van der Waals surface area contributed by atoms with Crippen LogP contribution in [0.3, 0.4) is 0 Å². The normalized spacial score (nSPS) is 28.1. The van der Waals surface area contributed by atoms with E-state index in [9.17, 15) is 4.79 Å². The van der Waals surface area contributed by atoms with Gasteiger partial charge in [0.05, 0.1) is 5.54 Å². The first-order chi connectivity index (χ1) is 8.54. The maximum atomic E-state index is 12.2. The van der Waals surface area contributed by atoms with Gasteiger partial charge in [0.1, 0.15) is 5.69 Å². The van der Waals surface area contributed by atoms with Crippen LogP contribution in [-0.4, -0.2) is 26.6 Å². The Morgan fingerprint density at radius 2 is 2.50 bits per heavy atom. The van der Waals surface area contributed by atoms with Crippen LogP contribution in [0, 0.1) is 5.92 Å². The van der Waals surface area contributed by atoms with Gasteiger partial charge in [-0.05, 0) is 24.8 Å². The van der Waals surface area contributed by atoms with Crippen LogP contribution in [0.1, 0.15) is 43.1 Å².